The Morgan fingerprint density at radius 3 is 2.67 bits per heavy atom. The van der Waals surface area contributed by atoms with Gasteiger partial charge in [0, 0.05) is 0 Å². The Labute approximate surface area is 106 Å². The van der Waals surface area contributed by atoms with E-state index in [1.165, 1.54) is 0 Å². The van der Waals surface area contributed by atoms with Gasteiger partial charge in [0.1, 0.15) is 5.82 Å². The van der Waals surface area contributed by atoms with Gasteiger partial charge in [-0.1, -0.05) is 24.3 Å². The quantitative estimate of drug-likeness (QED) is 0.866. The number of rotatable bonds is 3. The molecular weight excluding hydrogens is 228 g/mol. The zero-order valence-corrected chi connectivity index (χ0v) is 10.7. The van der Waals surface area contributed by atoms with Crippen molar-refractivity contribution in [1.29, 1.82) is 0 Å². The van der Waals surface area contributed by atoms with E-state index in [0.717, 1.165) is 11.1 Å². The zero-order valence-electron chi connectivity index (χ0n) is 10.7. The van der Waals surface area contributed by atoms with Crippen molar-refractivity contribution in [3.8, 4) is 0 Å². The van der Waals surface area contributed by atoms with Gasteiger partial charge in [0.05, 0.1) is 6.04 Å². The lowest BCUT2D eigenvalue weighted by atomic mass is 10.0. The lowest BCUT2D eigenvalue weighted by Gasteiger charge is -2.15. The predicted molar refractivity (Wildman–Crippen MR) is 68.2 cm³/mol. The maximum absolute atomic E-state index is 11.9. The van der Waals surface area contributed by atoms with Gasteiger partial charge in [-0.3, -0.25) is 9.89 Å². The number of nitrogens with zero attached hydrogens (tertiary/aromatic N) is 2. The minimum absolute atomic E-state index is 0.0718. The van der Waals surface area contributed by atoms with E-state index in [0.29, 0.717) is 5.82 Å². The molecule has 5 nitrogen and oxygen atoms in total. The number of carbonyl (C=O) groups excluding carboxylic acids is 1. The first-order valence-corrected chi connectivity index (χ1v) is 5.83. The first-order chi connectivity index (χ1) is 8.58. The van der Waals surface area contributed by atoms with Crippen molar-refractivity contribution in [3.63, 3.8) is 0 Å². The average Bonchev–Trinajstić information content (AvgIpc) is 2.76. The molecule has 1 atom stereocenters. The van der Waals surface area contributed by atoms with Gasteiger partial charge < -0.3 is 5.32 Å². The summed E-state index contributed by atoms with van der Waals surface area (Å²) < 4.78 is 0. The molecule has 0 aliphatic carbocycles. The summed E-state index contributed by atoms with van der Waals surface area (Å²) in [5, 5.41) is 9.37. The summed E-state index contributed by atoms with van der Waals surface area (Å²) in [5.74, 6) is 0.534. The van der Waals surface area contributed by atoms with Crippen LogP contribution in [0.4, 0.5) is 0 Å². The zero-order chi connectivity index (χ0) is 13.1. The molecule has 0 fully saturated rings. The van der Waals surface area contributed by atoms with Crippen LogP contribution in [0.5, 0.6) is 0 Å². The van der Waals surface area contributed by atoms with E-state index >= 15 is 0 Å². The maximum atomic E-state index is 11.9. The first kappa shape index (κ1) is 12.3. The number of H-pyrrole nitrogens is 1. The van der Waals surface area contributed by atoms with E-state index in [4.69, 9.17) is 0 Å². The van der Waals surface area contributed by atoms with Gasteiger partial charge >= 0.3 is 0 Å². The number of nitrogens with one attached hydrogen (secondary N) is 2. The van der Waals surface area contributed by atoms with Crippen molar-refractivity contribution in [3.05, 3.63) is 47.0 Å². The largest absolute Gasteiger partial charge is 0.343 e. The van der Waals surface area contributed by atoms with Crippen LogP contribution in [0.25, 0.3) is 0 Å². The summed E-state index contributed by atoms with van der Waals surface area (Å²) in [6, 6.07) is 7.89. The number of aromatic nitrogens is 3. The summed E-state index contributed by atoms with van der Waals surface area (Å²) in [7, 11) is 0. The van der Waals surface area contributed by atoms with Crippen molar-refractivity contribution in [2.24, 2.45) is 0 Å². The molecule has 0 bridgehead atoms. The molecule has 1 amide bonds. The molecule has 1 aromatic carbocycles. The van der Waals surface area contributed by atoms with Gasteiger partial charge in [-0.05, 0) is 31.9 Å². The normalized spacial score (nSPS) is 12.2. The monoisotopic (exact) mass is 244 g/mol. The minimum atomic E-state index is -0.268. The van der Waals surface area contributed by atoms with Crippen LogP contribution in [0.3, 0.4) is 0 Å². The third kappa shape index (κ3) is 2.56. The molecule has 0 spiro atoms. The Hall–Kier alpha value is -2.17. The van der Waals surface area contributed by atoms with Crippen LogP contribution < -0.4 is 5.32 Å². The molecule has 0 saturated carbocycles. The van der Waals surface area contributed by atoms with E-state index in [1.807, 2.05) is 38.1 Å². The molecule has 18 heavy (non-hydrogen) atoms. The van der Waals surface area contributed by atoms with E-state index < -0.39 is 0 Å². The van der Waals surface area contributed by atoms with Crippen molar-refractivity contribution < 1.29 is 4.79 Å². The molecule has 0 saturated heterocycles. The maximum Gasteiger partial charge on any atom is 0.291 e. The summed E-state index contributed by atoms with van der Waals surface area (Å²) in [6.45, 7) is 5.73. The first-order valence-electron chi connectivity index (χ1n) is 5.83. The molecule has 1 heterocycles. The van der Waals surface area contributed by atoms with Gasteiger partial charge in [-0.2, -0.15) is 0 Å². The Morgan fingerprint density at radius 1 is 1.33 bits per heavy atom. The Morgan fingerprint density at radius 2 is 2.06 bits per heavy atom. The van der Waals surface area contributed by atoms with E-state index in [-0.39, 0.29) is 17.8 Å². The highest BCUT2D eigenvalue weighted by molar-refractivity contribution is 5.90. The summed E-state index contributed by atoms with van der Waals surface area (Å²) in [5.41, 5.74) is 2.24. The molecule has 0 radical (unpaired) electrons. The third-order valence-corrected chi connectivity index (χ3v) is 2.80. The second kappa shape index (κ2) is 5.00. The molecule has 1 aromatic heterocycles. The van der Waals surface area contributed by atoms with Gasteiger partial charge in [0.2, 0.25) is 5.82 Å². The van der Waals surface area contributed by atoms with Crippen LogP contribution in [0.2, 0.25) is 0 Å². The number of aryl methyl sites for hydroxylation is 2. The standard InChI is InChI=1S/C13H16N4O/c1-8-6-4-5-7-11(8)9(2)14-13(18)12-15-10(3)16-17-12/h4-7,9H,1-3H3,(H,14,18)(H,15,16,17). The number of benzene rings is 1. The van der Waals surface area contributed by atoms with Crippen molar-refractivity contribution in [2.75, 3.05) is 0 Å². The SMILES string of the molecule is Cc1nc(C(=O)NC(C)c2ccccc2C)n[nH]1. The van der Waals surface area contributed by atoms with Crippen LogP contribution in [0.15, 0.2) is 24.3 Å². The highest BCUT2D eigenvalue weighted by atomic mass is 16.2. The molecule has 5 heteroatoms. The number of hydrogen-bond acceptors (Lipinski definition) is 3. The highest BCUT2D eigenvalue weighted by Crippen LogP contribution is 2.16. The van der Waals surface area contributed by atoms with Gasteiger partial charge in [-0.15, -0.1) is 5.10 Å². The fourth-order valence-electron chi connectivity index (χ4n) is 1.86. The van der Waals surface area contributed by atoms with E-state index in [9.17, 15) is 4.79 Å². The number of amides is 1. The van der Waals surface area contributed by atoms with Crippen molar-refractivity contribution >= 4 is 5.91 Å². The van der Waals surface area contributed by atoms with E-state index in [1.54, 1.807) is 6.92 Å². The van der Waals surface area contributed by atoms with Crippen molar-refractivity contribution in [1.82, 2.24) is 20.5 Å². The Bertz CT molecular complexity index is 562. The number of aromatic amines is 1. The highest BCUT2D eigenvalue weighted by Gasteiger charge is 2.15. The summed E-state index contributed by atoms with van der Waals surface area (Å²) in [4.78, 5) is 15.9. The van der Waals surface area contributed by atoms with Gasteiger partial charge in [0.15, 0.2) is 0 Å². The lowest BCUT2D eigenvalue weighted by molar-refractivity contribution is 0.0929. The second-order valence-electron chi connectivity index (χ2n) is 4.30. The van der Waals surface area contributed by atoms with Crippen LogP contribution in [-0.4, -0.2) is 21.1 Å². The van der Waals surface area contributed by atoms with E-state index in [2.05, 4.69) is 20.5 Å². The fraction of sp³-hybridized carbons (Fsp3) is 0.308. The van der Waals surface area contributed by atoms with Gasteiger partial charge in [0.25, 0.3) is 5.91 Å². The van der Waals surface area contributed by atoms with Crippen LogP contribution in [0.1, 0.15) is 40.5 Å². The topological polar surface area (TPSA) is 70.7 Å². The molecule has 2 rings (SSSR count). The van der Waals surface area contributed by atoms with Gasteiger partial charge in [-0.25, -0.2) is 4.98 Å². The number of carbonyl (C=O) groups is 1. The summed E-state index contributed by atoms with van der Waals surface area (Å²) >= 11 is 0. The smallest absolute Gasteiger partial charge is 0.291 e. The van der Waals surface area contributed by atoms with Crippen LogP contribution in [0, 0.1) is 13.8 Å². The molecule has 0 aliphatic rings. The Balaban J connectivity index is 2.10. The third-order valence-electron chi connectivity index (χ3n) is 2.80. The molecular formula is C13H16N4O. The predicted octanol–water partition coefficient (Wildman–Crippen LogP) is 1.91. The molecule has 2 N–H and O–H groups in total. The molecule has 2 aromatic rings. The number of hydrogen-bond donors (Lipinski definition) is 2. The summed E-state index contributed by atoms with van der Waals surface area (Å²) in [6.07, 6.45) is 0. The van der Waals surface area contributed by atoms with Crippen LogP contribution in [-0.2, 0) is 0 Å². The molecule has 94 valence electrons. The minimum Gasteiger partial charge on any atom is -0.343 e. The molecule has 1 unspecified atom stereocenters. The second-order valence-corrected chi connectivity index (χ2v) is 4.30. The fourth-order valence-corrected chi connectivity index (χ4v) is 1.86. The lowest BCUT2D eigenvalue weighted by Crippen LogP contribution is -2.28. The molecule has 0 aliphatic heterocycles. The average molecular weight is 244 g/mol. The van der Waals surface area contributed by atoms with Crippen LogP contribution >= 0.6 is 0 Å². The van der Waals surface area contributed by atoms with Crippen molar-refractivity contribution in [2.45, 2.75) is 26.8 Å². The Kier molecular flexibility index (Phi) is 3.41.